The Morgan fingerprint density at radius 1 is 1.17 bits per heavy atom. The standard InChI is InChI=1S/C23H25N3O2S/c1-25(15-16-7-11-18(29-2)12-8-16)22(27)14-13-21-24-20-6-4-3-5-19(20)23(28)26(21)17-9-10-17/h3-8,11-12,17H,9-10,13-15H2,1-2H3. The van der Waals surface area contributed by atoms with Gasteiger partial charge in [0.1, 0.15) is 5.82 Å². The van der Waals surface area contributed by atoms with Crippen LogP contribution in [0.2, 0.25) is 0 Å². The Hall–Kier alpha value is -2.60. The summed E-state index contributed by atoms with van der Waals surface area (Å²) in [6.07, 6.45) is 4.88. The van der Waals surface area contributed by atoms with Gasteiger partial charge in [0.15, 0.2) is 0 Å². The summed E-state index contributed by atoms with van der Waals surface area (Å²) in [7, 11) is 1.83. The molecule has 1 aliphatic carbocycles. The summed E-state index contributed by atoms with van der Waals surface area (Å²) < 4.78 is 1.82. The van der Waals surface area contributed by atoms with Crippen LogP contribution in [0, 0.1) is 0 Å². The Bertz CT molecular complexity index is 1090. The Balaban J connectivity index is 1.47. The van der Waals surface area contributed by atoms with Crippen LogP contribution >= 0.6 is 11.8 Å². The predicted octanol–water partition coefficient (Wildman–Crippen LogP) is 4.04. The maximum absolute atomic E-state index is 12.9. The van der Waals surface area contributed by atoms with Gasteiger partial charge >= 0.3 is 0 Å². The molecule has 150 valence electrons. The zero-order valence-corrected chi connectivity index (χ0v) is 17.6. The number of aryl methyl sites for hydroxylation is 1. The number of nitrogens with zero attached hydrogens (tertiary/aromatic N) is 3. The highest BCUT2D eigenvalue weighted by Gasteiger charge is 2.28. The molecule has 6 heteroatoms. The van der Waals surface area contributed by atoms with Crippen molar-refractivity contribution in [2.24, 2.45) is 0 Å². The second-order valence-electron chi connectivity index (χ2n) is 7.55. The van der Waals surface area contributed by atoms with Crippen LogP contribution in [0.4, 0.5) is 0 Å². The molecular weight excluding hydrogens is 382 g/mol. The number of hydrogen-bond donors (Lipinski definition) is 0. The van der Waals surface area contributed by atoms with Gasteiger partial charge in [0.25, 0.3) is 5.56 Å². The number of fused-ring (bicyclic) bond motifs is 1. The number of aromatic nitrogens is 2. The molecule has 29 heavy (non-hydrogen) atoms. The molecule has 0 spiro atoms. The third-order valence-corrected chi connectivity index (χ3v) is 6.10. The summed E-state index contributed by atoms with van der Waals surface area (Å²) in [6, 6.07) is 16.0. The second kappa shape index (κ2) is 8.41. The van der Waals surface area contributed by atoms with E-state index < -0.39 is 0 Å². The quantitative estimate of drug-likeness (QED) is 0.555. The van der Waals surface area contributed by atoms with Crippen molar-refractivity contribution < 1.29 is 4.79 Å². The first-order valence-corrected chi connectivity index (χ1v) is 11.2. The fourth-order valence-corrected chi connectivity index (χ4v) is 3.99. The number of rotatable bonds is 7. The highest BCUT2D eigenvalue weighted by atomic mass is 32.2. The number of carbonyl (C=O) groups excluding carboxylic acids is 1. The Labute approximate surface area is 174 Å². The van der Waals surface area contributed by atoms with Crippen LogP contribution in [-0.4, -0.2) is 33.7 Å². The van der Waals surface area contributed by atoms with Gasteiger partial charge < -0.3 is 4.90 Å². The van der Waals surface area contributed by atoms with Gasteiger partial charge in [-0.3, -0.25) is 14.2 Å². The number of carbonyl (C=O) groups is 1. The van der Waals surface area contributed by atoms with Crippen molar-refractivity contribution in [3.63, 3.8) is 0 Å². The van der Waals surface area contributed by atoms with Crippen molar-refractivity contribution >= 4 is 28.6 Å². The third-order valence-electron chi connectivity index (χ3n) is 5.36. The lowest BCUT2D eigenvalue weighted by Gasteiger charge is -2.18. The molecule has 1 saturated carbocycles. The third kappa shape index (κ3) is 4.37. The molecule has 1 aliphatic rings. The van der Waals surface area contributed by atoms with Crippen molar-refractivity contribution in [3.8, 4) is 0 Å². The number of amides is 1. The van der Waals surface area contributed by atoms with E-state index in [1.54, 1.807) is 16.7 Å². The largest absolute Gasteiger partial charge is 0.341 e. The van der Waals surface area contributed by atoms with Crippen molar-refractivity contribution in [2.45, 2.75) is 43.2 Å². The molecule has 0 unspecified atom stereocenters. The van der Waals surface area contributed by atoms with Gasteiger partial charge in [-0.15, -0.1) is 11.8 Å². The van der Waals surface area contributed by atoms with Crippen LogP contribution in [0.25, 0.3) is 10.9 Å². The minimum atomic E-state index is 0.0165. The average Bonchev–Trinajstić information content (AvgIpc) is 3.57. The van der Waals surface area contributed by atoms with E-state index in [1.807, 2.05) is 42.1 Å². The number of benzene rings is 2. The molecule has 0 aliphatic heterocycles. The fourth-order valence-electron chi connectivity index (χ4n) is 3.58. The van der Waals surface area contributed by atoms with E-state index in [0.29, 0.717) is 30.3 Å². The molecule has 1 aromatic heterocycles. The molecule has 5 nitrogen and oxygen atoms in total. The van der Waals surface area contributed by atoms with Crippen LogP contribution in [0.1, 0.15) is 36.7 Å². The molecule has 0 bridgehead atoms. The molecule has 1 amide bonds. The highest BCUT2D eigenvalue weighted by Crippen LogP contribution is 2.35. The minimum Gasteiger partial charge on any atom is -0.341 e. The SMILES string of the molecule is CSc1ccc(CN(C)C(=O)CCc2nc3ccccc3c(=O)n2C2CC2)cc1. The van der Waals surface area contributed by atoms with E-state index in [2.05, 4.69) is 24.3 Å². The van der Waals surface area contributed by atoms with Crippen molar-refractivity contribution in [3.05, 3.63) is 70.3 Å². The van der Waals surface area contributed by atoms with E-state index >= 15 is 0 Å². The first-order valence-electron chi connectivity index (χ1n) is 9.94. The van der Waals surface area contributed by atoms with Crippen LogP contribution in [0.15, 0.2) is 58.2 Å². The fraction of sp³-hybridized carbons (Fsp3) is 0.348. The molecule has 0 atom stereocenters. The number of para-hydroxylation sites is 1. The van der Waals surface area contributed by atoms with Gasteiger partial charge in [-0.25, -0.2) is 4.98 Å². The zero-order valence-electron chi connectivity index (χ0n) is 16.8. The smallest absolute Gasteiger partial charge is 0.261 e. The summed E-state index contributed by atoms with van der Waals surface area (Å²) in [4.78, 5) is 33.3. The van der Waals surface area contributed by atoms with E-state index in [1.165, 1.54) is 4.90 Å². The molecule has 2 aromatic carbocycles. The monoisotopic (exact) mass is 407 g/mol. The summed E-state index contributed by atoms with van der Waals surface area (Å²) in [5.74, 6) is 0.783. The van der Waals surface area contributed by atoms with E-state index in [4.69, 9.17) is 4.98 Å². The first kappa shape index (κ1) is 19.7. The van der Waals surface area contributed by atoms with Gasteiger partial charge in [-0.1, -0.05) is 24.3 Å². The Kier molecular flexibility index (Phi) is 5.72. The molecular formula is C23H25N3O2S. The predicted molar refractivity (Wildman–Crippen MR) is 117 cm³/mol. The van der Waals surface area contributed by atoms with Crippen LogP contribution in [-0.2, 0) is 17.8 Å². The maximum atomic E-state index is 12.9. The number of thioether (sulfide) groups is 1. The maximum Gasteiger partial charge on any atom is 0.261 e. The van der Waals surface area contributed by atoms with E-state index in [-0.39, 0.29) is 17.5 Å². The van der Waals surface area contributed by atoms with Crippen molar-refractivity contribution in [1.82, 2.24) is 14.5 Å². The first-order chi connectivity index (χ1) is 14.1. The Morgan fingerprint density at radius 2 is 1.90 bits per heavy atom. The average molecular weight is 408 g/mol. The molecule has 0 radical (unpaired) electrons. The van der Waals surface area contributed by atoms with Gasteiger partial charge in [0.05, 0.1) is 10.9 Å². The molecule has 3 aromatic rings. The van der Waals surface area contributed by atoms with Gasteiger partial charge in [0, 0.05) is 37.4 Å². The lowest BCUT2D eigenvalue weighted by molar-refractivity contribution is -0.130. The molecule has 0 saturated heterocycles. The van der Waals surface area contributed by atoms with E-state index in [0.717, 1.165) is 24.2 Å². The topological polar surface area (TPSA) is 55.2 Å². The summed E-state index contributed by atoms with van der Waals surface area (Å²) in [5.41, 5.74) is 1.83. The minimum absolute atomic E-state index is 0.0165. The molecule has 1 fully saturated rings. The van der Waals surface area contributed by atoms with Crippen LogP contribution < -0.4 is 5.56 Å². The van der Waals surface area contributed by atoms with E-state index in [9.17, 15) is 9.59 Å². The van der Waals surface area contributed by atoms with Gasteiger partial charge in [-0.05, 0) is 48.9 Å². The summed E-state index contributed by atoms with van der Waals surface area (Å²) in [5, 5.41) is 0.653. The normalized spacial score (nSPS) is 13.6. The molecule has 0 N–H and O–H groups in total. The van der Waals surface area contributed by atoms with Gasteiger partial charge in [-0.2, -0.15) is 0 Å². The summed E-state index contributed by atoms with van der Waals surface area (Å²) in [6.45, 7) is 0.577. The van der Waals surface area contributed by atoms with Crippen LogP contribution in [0.5, 0.6) is 0 Å². The number of hydrogen-bond acceptors (Lipinski definition) is 4. The lowest BCUT2D eigenvalue weighted by atomic mass is 10.2. The second-order valence-corrected chi connectivity index (χ2v) is 8.43. The Morgan fingerprint density at radius 3 is 2.59 bits per heavy atom. The highest BCUT2D eigenvalue weighted by molar-refractivity contribution is 7.98. The van der Waals surface area contributed by atoms with Crippen molar-refractivity contribution in [2.75, 3.05) is 13.3 Å². The molecule has 4 rings (SSSR count). The lowest BCUT2D eigenvalue weighted by Crippen LogP contribution is -2.29. The zero-order chi connectivity index (χ0) is 20.4. The molecule has 1 heterocycles. The van der Waals surface area contributed by atoms with Crippen molar-refractivity contribution in [1.29, 1.82) is 0 Å². The van der Waals surface area contributed by atoms with Gasteiger partial charge in [0.2, 0.25) is 5.91 Å². The van der Waals surface area contributed by atoms with Crippen LogP contribution in [0.3, 0.4) is 0 Å². The summed E-state index contributed by atoms with van der Waals surface area (Å²) >= 11 is 1.70.